The molecule has 0 spiro atoms. The van der Waals surface area contributed by atoms with E-state index in [9.17, 15) is 9.18 Å². The van der Waals surface area contributed by atoms with Crippen LogP contribution in [-0.2, 0) is 0 Å². The molecule has 0 aromatic heterocycles. The number of benzene rings is 2. The van der Waals surface area contributed by atoms with Gasteiger partial charge in [-0.05, 0) is 49.7 Å². The first kappa shape index (κ1) is 13.3. The summed E-state index contributed by atoms with van der Waals surface area (Å²) < 4.78 is 19.3. The van der Waals surface area contributed by atoms with Crippen molar-refractivity contribution in [2.24, 2.45) is 0 Å². The zero-order valence-electron chi connectivity index (χ0n) is 10.9. The summed E-state index contributed by atoms with van der Waals surface area (Å²) in [5.74, 6) is 0.397. The number of hydrogen-bond donors (Lipinski definition) is 0. The monoisotopic (exact) mass is 258 g/mol. The number of aldehydes is 1. The highest BCUT2D eigenvalue weighted by Gasteiger charge is 2.07. The molecule has 2 nitrogen and oxygen atoms in total. The van der Waals surface area contributed by atoms with Crippen LogP contribution in [0.5, 0.6) is 5.75 Å². The molecule has 0 aliphatic carbocycles. The molecule has 19 heavy (non-hydrogen) atoms. The van der Waals surface area contributed by atoms with Crippen molar-refractivity contribution in [2.45, 2.75) is 20.0 Å². The van der Waals surface area contributed by atoms with Crippen LogP contribution in [0.4, 0.5) is 4.39 Å². The van der Waals surface area contributed by atoms with Gasteiger partial charge in [0.25, 0.3) is 0 Å². The van der Waals surface area contributed by atoms with Crippen LogP contribution in [0.15, 0.2) is 42.5 Å². The van der Waals surface area contributed by atoms with Crippen molar-refractivity contribution < 1.29 is 13.9 Å². The van der Waals surface area contributed by atoms with Gasteiger partial charge in [-0.2, -0.15) is 0 Å². The molecule has 2 aromatic carbocycles. The second-order valence-electron chi connectivity index (χ2n) is 4.55. The molecule has 0 fully saturated rings. The van der Waals surface area contributed by atoms with E-state index in [2.05, 4.69) is 0 Å². The first-order valence-corrected chi connectivity index (χ1v) is 6.12. The number of carbonyl (C=O) groups is 1. The molecule has 0 N–H and O–H groups in total. The van der Waals surface area contributed by atoms with Crippen molar-refractivity contribution >= 4 is 6.29 Å². The van der Waals surface area contributed by atoms with Crippen molar-refractivity contribution in [1.29, 1.82) is 0 Å². The molecule has 3 heteroatoms. The normalized spacial score (nSPS) is 10.5. The van der Waals surface area contributed by atoms with E-state index in [0.29, 0.717) is 17.4 Å². The topological polar surface area (TPSA) is 26.3 Å². The van der Waals surface area contributed by atoms with Gasteiger partial charge in [0.2, 0.25) is 0 Å². The molecule has 0 amide bonds. The van der Waals surface area contributed by atoms with E-state index in [1.807, 2.05) is 13.8 Å². The minimum absolute atomic E-state index is 0.0981. The quantitative estimate of drug-likeness (QED) is 0.772. The fraction of sp³-hybridized carbons (Fsp3) is 0.188. The van der Waals surface area contributed by atoms with Crippen LogP contribution < -0.4 is 4.74 Å². The highest BCUT2D eigenvalue weighted by molar-refractivity contribution is 5.79. The Morgan fingerprint density at radius 1 is 1.11 bits per heavy atom. The van der Waals surface area contributed by atoms with Gasteiger partial charge in [0.05, 0.1) is 6.10 Å². The van der Waals surface area contributed by atoms with E-state index >= 15 is 0 Å². The van der Waals surface area contributed by atoms with Gasteiger partial charge < -0.3 is 4.74 Å². The number of hydrogen-bond acceptors (Lipinski definition) is 2. The smallest absolute Gasteiger partial charge is 0.150 e. The highest BCUT2D eigenvalue weighted by atomic mass is 19.1. The number of halogens is 1. The lowest BCUT2D eigenvalue weighted by Gasteiger charge is -2.10. The van der Waals surface area contributed by atoms with E-state index in [4.69, 9.17) is 4.74 Å². The largest absolute Gasteiger partial charge is 0.491 e. The summed E-state index contributed by atoms with van der Waals surface area (Å²) in [6.07, 6.45) is 0.806. The van der Waals surface area contributed by atoms with Gasteiger partial charge in [-0.15, -0.1) is 0 Å². The van der Waals surface area contributed by atoms with Crippen LogP contribution in [0, 0.1) is 5.82 Å². The maximum Gasteiger partial charge on any atom is 0.150 e. The third kappa shape index (κ3) is 3.19. The Morgan fingerprint density at radius 2 is 1.79 bits per heavy atom. The molecule has 2 rings (SSSR count). The fourth-order valence-electron chi connectivity index (χ4n) is 1.82. The van der Waals surface area contributed by atoms with E-state index in [1.54, 1.807) is 30.3 Å². The number of carbonyl (C=O) groups excluding carboxylic acids is 1. The van der Waals surface area contributed by atoms with Crippen molar-refractivity contribution in [1.82, 2.24) is 0 Å². The summed E-state index contributed by atoms with van der Waals surface area (Å²) in [4.78, 5) is 10.7. The van der Waals surface area contributed by atoms with Gasteiger partial charge in [-0.3, -0.25) is 4.79 Å². The fourth-order valence-corrected chi connectivity index (χ4v) is 1.82. The third-order valence-corrected chi connectivity index (χ3v) is 2.66. The van der Waals surface area contributed by atoms with Crippen LogP contribution in [0.1, 0.15) is 24.2 Å². The second kappa shape index (κ2) is 5.65. The van der Waals surface area contributed by atoms with Crippen LogP contribution in [0.3, 0.4) is 0 Å². The molecule has 0 radical (unpaired) electrons. The predicted octanol–water partition coefficient (Wildman–Crippen LogP) is 4.09. The van der Waals surface area contributed by atoms with Crippen LogP contribution >= 0.6 is 0 Å². The Labute approximate surface area is 111 Å². The third-order valence-electron chi connectivity index (χ3n) is 2.66. The minimum Gasteiger partial charge on any atom is -0.491 e. The molecule has 0 unspecified atom stereocenters. The summed E-state index contributed by atoms with van der Waals surface area (Å²) in [5, 5.41) is 0. The lowest BCUT2D eigenvalue weighted by molar-refractivity contribution is 0.112. The van der Waals surface area contributed by atoms with Crippen molar-refractivity contribution in [3.63, 3.8) is 0 Å². The summed E-state index contributed by atoms with van der Waals surface area (Å²) in [5.41, 5.74) is 1.59. The van der Waals surface area contributed by atoms with Crippen molar-refractivity contribution in [3.8, 4) is 16.9 Å². The van der Waals surface area contributed by atoms with Crippen molar-refractivity contribution in [3.05, 3.63) is 53.8 Å². The Bertz CT molecular complexity index is 574. The Morgan fingerprint density at radius 3 is 2.37 bits per heavy atom. The summed E-state index contributed by atoms with van der Waals surface area (Å²) in [7, 11) is 0. The Kier molecular flexibility index (Phi) is 3.95. The highest BCUT2D eigenvalue weighted by Crippen LogP contribution is 2.26. The summed E-state index contributed by atoms with van der Waals surface area (Å²) in [6, 6.07) is 11.5. The molecule has 2 aromatic rings. The van der Waals surface area contributed by atoms with E-state index in [-0.39, 0.29) is 11.9 Å². The average molecular weight is 258 g/mol. The van der Waals surface area contributed by atoms with E-state index < -0.39 is 0 Å². The first-order chi connectivity index (χ1) is 9.10. The average Bonchev–Trinajstić information content (AvgIpc) is 2.40. The van der Waals surface area contributed by atoms with Gasteiger partial charge in [-0.1, -0.05) is 12.1 Å². The lowest BCUT2D eigenvalue weighted by Crippen LogP contribution is -2.05. The van der Waals surface area contributed by atoms with E-state index in [1.165, 1.54) is 12.1 Å². The standard InChI is InChI=1S/C16H15FO2/c1-11(2)19-14-6-4-13(5-7-14)15-9-12(10-18)3-8-16(15)17/h3-11H,1-2H3. The SMILES string of the molecule is CC(C)Oc1ccc(-c2cc(C=O)ccc2F)cc1. The maximum atomic E-state index is 13.8. The van der Waals surface area contributed by atoms with Crippen LogP contribution in [0.2, 0.25) is 0 Å². The molecular formula is C16H15FO2. The van der Waals surface area contributed by atoms with Gasteiger partial charge in [0.15, 0.2) is 0 Å². The van der Waals surface area contributed by atoms with Gasteiger partial charge >= 0.3 is 0 Å². The molecule has 0 atom stereocenters. The van der Waals surface area contributed by atoms with Crippen LogP contribution in [0.25, 0.3) is 11.1 Å². The molecule has 0 saturated heterocycles. The van der Waals surface area contributed by atoms with Gasteiger partial charge in [0, 0.05) is 11.1 Å². The number of rotatable bonds is 4. The molecular weight excluding hydrogens is 243 g/mol. The minimum atomic E-state index is -0.344. The van der Waals surface area contributed by atoms with Crippen LogP contribution in [-0.4, -0.2) is 12.4 Å². The maximum absolute atomic E-state index is 13.8. The molecule has 0 aliphatic heterocycles. The molecule has 98 valence electrons. The van der Waals surface area contributed by atoms with Gasteiger partial charge in [0.1, 0.15) is 17.9 Å². The second-order valence-corrected chi connectivity index (χ2v) is 4.55. The van der Waals surface area contributed by atoms with E-state index in [0.717, 1.165) is 11.3 Å². The first-order valence-electron chi connectivity index (χ1n) is 6.12. The molecule has 0 aliphatic rings. The van der Waals surface area contributed by atoms with Crippen molar-refractivity contribution in [2.75, 3.05) is 0 Å². The Hall–Kier alpha value is -2.16. The molecule has 0 bridgehead atoms. The zero-order chi connectivity index (χ0) is 13.8. The molecule has 0 saturated carbocycles. The van der Waals surface area contributed by atoms with Gasteiger partial charge in [-0.25, -0.2) is 4.39 Å². The molecule has 0 heterocycles. The summed E-state index contributed by atoms with van der Waals surface area (Å²) in [6.45, 7) is 3.89. The Balaban J connectivity index is 2.34. The number of ether oxygens (including phenoxy) is 1. The summed E-state index contributed by atoms with van der Waals surface area (Å²) >= 11 is 0. The predicted molar refractivity (Wildman–Crippen MR) is 73.0 cm³/mol. The lowest BCUT2D eigenvalue weighted by atomic mass is 10.0. The zero-order valence-corrected chi connectivity index (χ0v) is 10.9.